The number of amides is 1. The molecule has 30 heavy (non-hydrogen) atoms. The van der Waals surface area contributed by atoms with Crippen LogP contribution in [0.2, 0.25) is 10.0 Å². The standard InChI is InChI=1S/C18H18Cl2N4O5S/c19-14-3-1-2-4-17(14)30(28,29)23-9-7-22(8-10-23)12-18(25)21-16-6-5-13(24(26)27)11-15(16)20/h1-6,11H,7-10,12H2,(H,21,25). The van der Waals surface area contributed by atoms with Crippen molar-refractivity contribution in [2.24, 2.45) is 0 Å². The average Bonchev–Trinajstić information content (AvgIpc) is 2.70. The molecule has 1 aliphatic rings. The summed E-state index contributed by atoms with van der Waals surface area (Å²) >= 11 is 12.0. The van der Waals surface area contributed by atoms with E-state index in [0.29, 0.717) is 13.1 Å². The Morgan fingerprint density at radius 3 is 2.33 bits per heavy atom. The highest BCUT2D eigenvalue weighted by Gasteiger charge is 2.30. The molecule has 1 saturated heterocycles. The zero-order chi connectivity index (χ0) is 21.9. The van der Waals surface area contributed by atoms with E-state index in [-0.39, 0.29) is 51.9 Å². The molecule has 3 rings (SSSR count). The Bertz CT molecular complexity index is 1070. The molecule has 0 aliphatic carbocycles. The van der Waals surface area contributed by atoms with E-state index in [2.05, 4.69) is 5.32 Å². The maximum Gasteiger partial charge on any atom is 0.271 e. The molecule has 2 aromatic carbocycles. The lowest BCUT2D eigenvalue weighted by molar-refractivity contribution is -0.384. The molecular weight excluding hydrogens is 455 g/mol. The Morgan fingerprint density at radius 2 is 1.73 bits per heavy atom. The summed E-state index contributed by atoms with van der Waals surface area (Å²) in [6.07, 6.45) is 0. The van der Waals surface area contributed by atoms with Gasteiger partial charge in [0, 0.05) is 38.3 Å². The van der Waals surface area contributed by atoms with Crippen molar-refractivity contribution in [1.29, 1.82) is 0 Å². The van der Waals surface area contributed by atoms with Crippen LogP contribution in [-0.4, -0.2) is 61.2 Å². The van der Waals surface area contributed by atoms with Crippen LogP contribution in [0.1, 0.15) is 0 Å². The minimum Gasteiger partial charge on any atom is -0.324 e. The molecule has 1 aliphatic heterocycles. The van der Waals surface area contributed by atoms with Crippen LogP contribution in [0.4, 0.5) is 11.4 Å². The van der Waals surface area contributed by atoms with Crippen molar-refractivity contribution in [3.05, 3.63) is 62.6 Å². The lowest BCUT2D eigenvalue weighted by Crippen LogP contribution is -2.50. The third kappa shape index (κ3) is 5.08. The number of nitro groups is 1. The van der Waals surface area contributed by atoms with E-state index in [1.165, 1.54) is 28.6 Å². The fourth-order valence-electron chi connectivity index (χ4n) is 3.03. The first kappa shape index (κ1) is 22.4. The number of halogens is 2. The predicted molar refractivity (Wildman–Crippen MR) is 113 cm³/mol. The summed E-state index contributed by atoms with van der Waals surface area (Å²) in [5, 5.41) is 13.6. The van der Waals surface area contributed by atoms with Crippen LogP contribution >= 0.6 is 23.2 Å². The Labute approximate surface area is 183 Å². The van der Waals surface area contributed by atoms with Crippen molar-refractivity contribution >= 4 is 50.5 Å². The number of sulfonamides is 1. The molecule has 1 N–H and O–H groups in total. The molecule has 2 aromatic rings. The molecule has 160 valence electrons. The summed E-state index contributed by atoms with van der Waals surface area (Å²) in [4.78, 5) is 24.4. The van der Waals surface area contributed by atoms with Gasteiger partial charge in [-0.1, -0.05) is 35.3 Å². The SMILES string of the molecule is O=C(CN1CCN(S(=O)(=O)c2ccccc2Cl)CC1)Nc1ccc([N+](=O)[O-])cc1Cl. The lowest BCUT2D eigenvalue weighted by Gasteiger charge is -2.33. The smallest absolute Gasteiger partial charge is 0.271 e. The number of nitro benzene ring substituents is 1. The van der Waals surface area contributed by atoms with Gasteiger partial charge in [-0.2, -0.15) is 4.31 Å². The number of non-ortho nitro benzene ring substituents is 1. The Hall–Kier alpha value is -2.24. The monoisotopic (exact) mass is 472 g/mol. The normalized spacial score (nSPS) is 15.7. The largest absolute Gasteiger partial charge is 0.324 e. The second-order valence-corrected chi connectivity index (χ2v) is 9.30. The number of anilines is 1. The van der Waals surface area contributed by atoms with E-state index in [1.54, 1.807) is 12.1 Å². The quantitative estimate of drug-likeness (QED) is 0.510. The van der Waals surface area contributed by atoms with Gasteiger partial charge in [0.05, 0.1) is 27.2 Å². The third-order valence-electron chi connectivity index (χ3n) is 4.59. The van der Waals surface area contributed by atoms with Crippen molar-refractivity contribution in [2.75, 3.05) is 38.0 Å². The number of nitrogens with one attached hydrogen (secondary N) is 1. The first-order valence-corrected chi connectivity index (χ1v) is 11.1. The number of piperazine rings is 1. The number of hydrogen-bond donors (Lipinski definition) is 1. The number of carbonyl (C=O) groups is 1. The Morgan fingerprint density at radius 1 is 1.07 bits per heavy atom. The maximum absolute atomic E-state index is 12.8. The topological polar surface area (TPSA) is 113 Å². The van der Waals surface area contributed by atoms with Crippen LogP contribution in [0.25, 0.3) is 0 Å². The maximum atomic E-state index is 12.8. The molecule has 1 heterocycles. The van der Waals surface area contributed by atoms with Gasteiger partial charge in [0.25, 0.3) is 5.69 Å². The highest BCUT2D eigenvalue weighted by atomic mass is 35.5. The third-order valence-corrected chi connectivity index (χ3v) is 7.30. The number of benzene rings is 2. The molecule has 1 amide bonds. The van der Waals surface area contributed by atoms with E-state index < -0.39 is 14.9 Å². The molecule has 0 spiro atoms. The first-order chi connectivity index (χ1) is 14.2. The second-order valence-electron chi connectivity index (χ2n) is 6.58. The van der Waals surface area contributed by atoms with Crippen LogP contribution in [0.5, 0.6) is 0 Å². The van der Waals surface area contributed by atoms with E-state index >= 15 is 0 Å². The second kappa shape index (κ2) is 9.27. The Kier molecular flexibility index (Phi) is 6.94. The van der Waals surface area contributed by atoms with Crippen molar-refractivity contribution in [3.8, 4) is 0 Å². The summed E-state index contributed by atoms with van der Waals surface area (Å²) in [5.74, 6) is -0.354. The van der Waals surface area contributed by atoms with Gasteiger partial charge in [-0.25, -0.2) is 8.42 Å². The fraction of sp³-hybridized carbons (Fsp3) is 0.278. The first-order valence-electron chi connectivity index (χ1n) is 8.89. The summed E-state index contributed by atoms with van der Waals surface area (Å²) < 4.78 is 26.9. The van der Waals surface area contributed by atoms with Gasteiger partial charge >= 0.3 is 0 Å². The molecule has 0 bridgehead atoms. The van der Waals surface area contributed by atoms with Crippen LogP contribution in [0, 0.1) is 10.1 Å². The van der Waals surface area contributed by atoms with Gasteiger partial charge in [-0.3, -0.25) is 19.8 Å². The summed E-state index contributed by atoms with van der Waals surface area (Å²) in [6, 6.07) is 10.0. The molecule has 0 unspecified atom stereocenters. The van der Waals surface area contributed by atoms with Crippen molar-refractivity contribution < 1.29 is 18.1 Å². The van der Waals surface area contributed by atoms with Gasteiger partial charge in [-0.15, -0.1) is 0 Å². The van der Waals surface area contributed by atoms with Crippen molar-refractivity contribution in [1.82, 2.24) is 9.21 Å². The molecule has 0 radical (unpaired) electrons. The highest BCUT2D eigenvalue weighted by molar-refractivity contribution is 7.89. The minimum absolute atomic E-state index is 0.0350. The van der Waals surface area contributed by atoms with Gasteiger partial charge in [-0.05, 0) is 18.2 Å². The predicted octanol–water partition coefficient (Wildman–Crippen LogP) is 2.85. The Balaban J connectivity index is 1.56. The van der Waals surface area contributed by atoms with Gasteiger partial charge < -0.3 is 5.32 Å². The number of hydrogen-bond acceptors (Lipinski definition) is 6. The molecule has 0 atom stereocenters. The molecule has 9 nitrogen and oxygen atoms in total. The van der Waals surface area contributed by atoms with Gasteiger partial charge in [0.2, 0.25) is 15.9 Å². The zero-order valence-corrected chi connectivity index (χ0v) is 18.0. The highest BCUT2D eigenvalue weighted by Crippen LogP contribution is 2.27. The molecule has 12 heteroatoms. The zero-order valence-electron chi connectivity index (χ0n) is 15.6. The number of rotatable bonds is 6. The van der Waals surface area contributed by atoms with Crippen LogP contribution < -0.4 is 5.32 Å². The molecule has 0 saturated carbocycles. The van der Waals surface area contributed by atoms with Crippen LogP contribution in [0.15, 0.2) is 47.4 Å². The average molecular weight is 473 g/mol. The van der Waals surface area contributed by atoms with E-state index in [4.69, 9.17) is 23.2 Å². The van der Waals surface area contributed by atoms with E-state index in [0.717, 1.165) is 6.07 Å². The number of carbonyl (C=O) groups excluding carboxylic acids is 1. The van der Waals surface area contributed by atoms with Gasteiger partial charge in [0.15, 0.2) is 0 Å². The summed E-state index contributed by atoms with van der Waals surface area (Å²) in [6.45, 7) is 1.21. The van der Waals surface area contributed by atoms with E-state index in [9.17, 15) is 23.3 Å². The molecule has 0 aromatic heterocycles. The minimum atomic E-state index is -3.71. The van der Waals surface area contributed by atoms with Crippen molar-refractivity contribution in [3.63, 3.8) is 0 Å². The van der Waals surface area contributed by atoms with Crippen LogP contribution in [0.3, 0.4) is 0 Å². The number of nitrogens with zero attached hydrogens (tertiary/aromatic N) is 3. The van der Waals surface area contributed by atoms with Crippen molar-refractivity contribution in [2.45, 2.75) is 4.90 Å². The molecular formula is C18H18Cl2N4O5S. The van der Waals surface area contributed by atoms with Gasteiger partial charge in [0.1, 0.15) is 4.90 Å². The van der Waals surface area contributed by atoms with Crippen LogP contribution in [-0.2, 0) is 14.8 Å². The fourth-order valence-corrected chi connectivity index (χ4v) is 5.17. The van der Waals surface area contributed by atoms with E-state index in [1.807, 2.05) is 4.90 Å². The summed E-state index contributed by atoms with van der Waals surface area (Å²) in [5.41, 5.74) is 0.0982. The molecule has 1 fully saturated rings. The lowest BCUT2D eigenvalue weighted by atomic mass is 10.2. The summed E-state index contributed by atoms with van der Waals surface area (Å²) in [7, 11) is -3.71.